The topological polar surface area (TPSA) is 93.4 Å². The van der Waals surface area contributed by atoms with Gasteiger partial charge in [0.1, 0.15) is 27.7 Å². The minimum Gasteiger partial charge on any atom is -0.384 e. The lowest BCUT2D eigenvalue weighted by atomic mass is 10.5. The Hall–Kier alpha value is -2.15. The molecule has 0 saturated carbocycles. The van der Waals surface area contributed by atoms with Crippen molar-refractivity contribution in [3.63, 3.8) is 0 Å². The van der Waals surface area contributed by atoms with Crippen molar-refractivity contribution >= 4 is 28.7 Å². The number of nitrogens with one attached hydrogen (secondary N) is 1. The number of hydrogen-bond donors (Lipinski definition) is 2. The Balaban J connectivity index is 2.02. The normalized spacial score (nSPS) is 10.8. The highest BCUT2D eigenvalue weighted by atomic mass is 32.2. The molecular weight excluding hydrogens is 236 g/mol. The number of H-pyrrole nitrogens is 1. The van der Waals surface area contributed by atoms with Crippen LogP contribution >= 0.6 is 11.8 Å². The van der Waals surface area contributed by atoms with Gasteiger partial charge >= 0.3 is 0 Å². The third-order valence-electron chi connectivity index (χ3n) is 2.13. The van der Waals surface area contributed by atoms with Crippen LogP contribution in [0.5, 0.6) is 0 Å². The number of pyridine rings is 1. The lowest BCUT2D eigenvalue weighted by molar-refractivity contribution is 1.07. The van der Waals surface area contributed by atoms with Crippen molar-refractivity contribution in [2.45, 2.75) is 10.1 Å². The third kappa shape index (κ3) is 1.92. The molecule has 0 unspecified atom stereocenters. The van der Waals surface area contributed by atoms with E-state index in [1.165, 1.54) is 18.1 Å². The zero-order valence-electron chi connectivity index (χ0n) is 8.66. The Morgan fingerprint density at radius 3 is 3.00 bits per heavy atom. The highest BCUT2D eigenvalue weighted by molar-refractivity contribution is 7.99. The predicted molar refractivity (Wildman–Crippen MR) is 64.5 cm³/mol. The first-order valence-electron chi connectivity index (χ1n) is 4.87. The lowest BCUT2D eigenvalue weighted by Gasteiger charge is -2.01. The summed E-state index contributed by atoms with van der Waals surface area (Å²) in [5, 5.41) is 1.57. The molecule has 0 fully saturated rings. The molecule has 84 valence electrons. The number of hydrogen-bond acceptors (Lipinski definition) is 6. The van der Waals surface area contributed by atoms with Gasteiger partial charge in [0.25, 0.3) is 0 Å². The number of nitrogens with two attached hydrogens (primary N) is 1. The Bertz CT molecular complexity index is 664. The zero-order valence-corrected chi connectivity index (χ0v) is 9.48. The van der Waals surface area contributed by atoms with Crippen molar-refractivity contribution < 1.29 is 0 Å². The second kappa shape index (κ2) is 4.02. The quantitative estimate of drug-likeness (QED) is 0.663. The second-order valence-electron chi connectivity index (χ2n) is 3.28. The summed E-state index contributed by atoms with van der Waals surface area (Å²) in [5.74, 6) is 0.491. The number of rotatable bonds is 2. The number of fused-ring (bicyclic) bond motifs is 1. The van der Waals surface area contributed by atoms with Crippen LogP contribution in [-0.2, 0) is 0 Å². The molecule has 3 rings (SSSR count). The minimum absolute atomic E-state index is 0.491. The molecule has 0 amide bonds. The van der Waals surface area contributed by atoms with Gasteiger partial charge in [-0.15, -0.1) is 0 Å². The van der Waals surface area contributed by atoms with E-state index in [2.05, 4.69) is 24.9 Å². The minimum atomic E-state index is 0.491. The first kappa shape index (κ1) is 10.0. The number of aromatic amines is 1. The molecule has 3 aromatic rings. The van der Waals surface area contributed by atoms with E-state index in [1.807, 2.05) is 12.1 Å². The Morgan fingerprint density at radius 2 is 2.12 bits per heavy atom. The van der Waals surface area contributed by atoms with Gasteiger partial charge in [-0.25, -0.2) is 19.9 Å². The molecule has 0 aliphatic carbocycles. The van der Waals surface area contributed by atoms with Crippen LogP contribution in [0.15, 0.2) is 40.9 Å². The van der Waals surface area contributed by atoms with Gasteiger partial charge in [-0.05, 0) is 23.9 Å². The summed E-state index contributed by atoms with van der Waals surface area (Å²) in [5.41, 5.74) is 7.08. The van der Waals surface area contributed by atoms with E-state index in [9.17, 15) is 0 Å². The molecule has 0 saturated heterocycles. The van der Waals surface area contributed by atoms with Crippen LogP contribution in [-0.4, -0.2) is 24.9 Å². The molecule has 0 aromatic carbocycles. The van der Waals surface area contributed by atoms with Crippen LogP contribution in [0.1, 0.15) is 0 Å². The van der Waals surface area contributed by atoms with Crippen LogP contribution in [0.3, 0.4) is 0 Å². The Morgan fingerprint density at radius 1 is 1.18 bits per heavy atom. The van der Waals surface area contributed by atoms with Gasteiger partial charge in [-0.3, -0.25) is 0 Å². The summed E-state index contributed by atoms with van der Waals surface area (Å²) in [6.07, 6.45) is 3.08. The SMILES string of the molecule is Nc1cccc(Sc2ncnc3nc[nH]c23)n1. The fourth-order valence-electron chi connectivity index (χ4n) is 1.41. The van der Waals surface area contributed by atoms with E-state index in [-0.39, 0.29) is 0 Å². The fourth-order valence-corrected chi connectivity index (χ4v) is 2.25. The number of nitrogen functional groups attached to an aromatic ring is 1. The van der Waals surface area contributed by atoms with Gasteiger partial charge in [0.2, 0.25) is 0 Å². The van der Waals surface area contributed by atoms with Crippen molar-refractivity contribution in [3.8, 4) is 0 Å². The van der Waals surface area contributed by atoms with Crippen molar-refractivity contribution in [1.82, 2.24) is 24.9 Å². The molecule has 0 bridgehead atoms. The smallest absolute Gasteiger partial charge is 0.181 e. The number of imidazole rings is 1. The Labute approximate surface area is 101 Å². The van der Waals surface area contributed by atoms with Crippen LogP contribution in [0.2, 0.25) is 0 Å². The predicted octanol–water partition coefficient (Wildman–Crippen LogP) is 1.48. The molecular formula is C10H8N6S. The maximum absolute atomic E-state index is 5.63. The highest BCUT2D eigenvalue weighted by Crippen LogP contribution is 2.28. The average Bonchev–Trinajstić information content (AvgIpc) is 2.78. The van der Waals surface area contributed by atoms with Gasteiger partial charge in [-0.1, -0.05) is 6.07 Å². The monoisotopic (exact) mass is 244 g/mol. The maximum atomic E-state index is 5.63. The molecule has 0 aliphatic heterocycles. The molecule has 0 spiro atoms. The van der Waals surface area contributed by atoms with Gasteiger partial charge in [-0.2, -0.15) is 0 Å². The maximum Gasteiger partial charge on any atom is 0.181 e. The van der Waals surface area contributed by atoms with Gasteiger partial charge in [0.15, 0.2) is 5.65 Å². The number of anilines is 1. The molecule has 0 atom stereocenters. The number of nitrogens with zero attached hydrogens (tertiary/aromatic N) is 4. The lowest BCUT2D eigenvalue weighted by Crippen LogP contribution is -1.91. The summed E-state index contributed by atoms with van der Waals surface area (Å²) in [6, 6.07) is 5.48. The summed E-state index contributed by atoms with van der Waals surface area (Å²) < 4.78 is 0. The molecule has 17 heavy (non-hydrogen) atoms. The van der Waals surface area contributed by atoms with E-state index >= 15 is 0 Å². The van der Waals surface area contributed by atoms with Crippen molar-refractivity contribution in [2.24, 2.45) is 0 Å². The molecule has 6 nitrogen and oxygen atoms in total. The molecule has 3 heterocycles. The molecule has 0 aliphatic rings. The summed E-state index contributed by atoms with van der Waals surface area (Å²) >= 11 is 1.42. The first-order valence-corrected chi connectivity index (χ1v) is 5.69. The molecule has 7 heteroatoms. The number of aromatic nitrogens is 5. The van der Waals surface area contributed by atoms with Crippen molar-refractivity contribution in [1.29, 1.82) is 0 Å². The summed E-state index contributed by atoms with van der Waals surface area (Å²) in [7, 11) is 0. The van der Waals surface area contributed by atoms with Crippen LogP contribution in [0.25, 0.3) is 11.2 Å². The van der Waals surface area contributed by atoms with E-state index in [0.717, 1.165) is 15.6 Å². The highest BCUT2D eigenvalue weighted by Gasteiger charge is 2.08. The third-order valence-corrected chi connectivity index (χ3v) is 3.07. The van der Waals surface area contributed by atoms with Gasteiger partial charge in [0.05, 0.1) is 6.33 Å². The van der Waals surface area contributed by atoms with E-state index in [4.69, 9.17) is 5.73 Å². The summed E-state index contributed by atoms with van der Waals surface area (Å²) in [4.78, 5) is 19.5. The standard InChI is InChI=1S/C10H8N6S/c11-6-2-1-3-7(16-6)17-10-8-9(13-4-12-8)14-5-15-10/h1-5H,(H2,11,16)(H,12,13,14,15). The molecule has 3 aromatic heterocycles. The molecule has 0 radical (unpaired) electrons. The second-order valence-corrected chi connectivity index (χ2v) is 4.29. The van der Waals surface area contributed by atoms with Crippen molar-refractivity contribution in [2.75, 3.05) is 5.73 Å². The van der Waals surface area contributed by atoms with Crippen LogP contribution in [0.4, 0.5) is 5.82 Å². The van der Waals surface area contributed by atoms with Gasteiger partial charge in [0, 0.05) is 0 Å². The first-order chi connectivity index (χ1) is 8.33. The van der Waals surface area contributed by atoms with E-state index in [0.29, 0.717) is 11.5 Å². The largest absolute Gasteiger partial charge is 0.384 e. The van der Waals surface area contributed by atoms with Crippen LogP contribution < -0.4 is 5.73 Å². The van der Waals surface area contributed by atoms with Gasteiger partial charge < -0.3 is 10.7 Å². The van der Waals surface area contributed by atoms with Crippen molar-refractivity contribution in [3.05, 3.63) is 30.9 Å². The molecule has 3 N–H and O–H groups in total. The average molecular weight is 244 g/mol. The van der Waals surface area contributed by atoms with E-state index < -0.39 is 0 Å². The van der Waals surface area contributed by atoms with E-state index in [1.54, 1.807) is 12.4 Å². The summed E-state index contributed by atoms with van der Waals surface area (Å²) in [6.45, 7) is 0. The fraction of sp³-hybridized carbons (Fsp3) is 0. The van der Waals surface area contributed by atoms with Crippen LogP contribution in [0, 0.1) is 0 Å². The zero-order chi connectivity index (χ0) is 11.7. The Kier molecular flexibility index (Phi) is 2.37.